The molecule has 0 bridgehead atoms. The summed E-state index contributed by atoms with van der Waals surface area (Å²) in [5.74, 6) is -0.776. The summed E-state index contributed by atoms with van der Waals surface area (Å²) in [6, 6.07) is 3.43. The van der Waals surface area contributed by atoms with Crippen molar-refractivity contribution in [2.45, 2.75) is 20.0 Å². The average molecular weight is 254 g/mol. The standard InChI is InChI=1S/C12H15FN2O3/c1-7-4-5-9(13)6-10(7)18-8(2)11(16)15-12(17)14-3/h4-6,8H,1-3H3,(H2,14,15,16,17). The first kappa shape index (κ1) is 14.0. The van der Waals surface area contributed by atoms with Crippen LogP contribution in [0.15, 0.2) is 18.2 Å². The van der Waals surface area contributed by atoms with E-state index in [1.165, 1.54) is 26.1 Å². The molecule has 0 aliphatic carbocycles. The first-order valence-corrected chi connectivity index (χ1v) is 5.39. The van der Waals surface area contributed by atoms with E-state index in [1.807, 2.05) is 0 Å². The molecule has 3 amide bonds. The lowest BCUT2D eigenvalue weighted by Crippen LogP contribution is -2.44. The van der Waals surface area contributed by atoms with E-state index in [0.29, 0.717) is 5.56 Å². The van der Waals surface area contributed by atoms with E-state index < -0.39 is 23.9 Å². The zero-order valence-electron chi connectivity index (χ0n) is 10.4. The predicted octanol–water partition coefficient (Wildman–Crippen LogP) is 1.36. The van der Waals surface area contributed by atoms with Gasteiger partial charge < -0.3 is 10.1 Å². The summed E-state index contributed by atoms with van der Waals surface area (Å²) in [6.45, 7) is 3.21. The third-order valence-corrected chi connectivity index (χ3v) is 2.29. The number of halogens is 1. The van der Waals surface area contributed by atoms with Crippen LogP contribution in [0.5, 0.6) is 5.75 Å². The summed E-state index contributed by atoms with van der Waals surface area (Å²) >= 11 is 0. The topological polar surface area (TPSA) is 67.4 Å². The van der Waals surface area contributed by atoms with Crippen molar-refractivity contribution in [1.29, 1.82) is 0 Å². The Bertz CT molecular complexity index is 463. The van der Waals surface area contributed by atoms with E-state index in [9.17, 15) is 14.0 Å². The molecule has 1 aromatic rings. The second kappa shape index (κ2) is 6.00. The van der Waals surface area contributed by atoms with Crippen LogP contribution in [0.25, 0.3) is 0 Å². The van der Waals surface area contributed by atoms with Crippen molar-refractivity contribution < 1.29 is 18.7 Å². The normalized spacial score (nSPS) is 11.6. The SMILES string of the molecule is CNC(=O)NC(=O)C(C)Oc1cc(F)ccc1C. The minimum absolute atomic E-state index is 0.273. The number of hydrogen-bond donors (Lipinski definition) is 2. The van der Waals surface area contributed by atoms with E-state index in [1.54, 1.807) is 13.0 Å². The molecule has 98 valence electrons. The Kier molecular flexibility index (Phi) is 4.65. The van der Waals surface area contributed by atoms with Crippen molar-refractivity contribution >= 4 is 11.9 Å². The largest absolute Gasteiger partial charge is 0.481 e. The van der Waals surface area contributed by atoms with Gasteiger partial charge in [0.05, 0.1) is 0 Å². The van der Waals surface area contributed by atoms with Crippen LogP contribution < -0.4 is 15.4 Å². The summed E-state index contributed by atoms with van der Waals surface area (Å²) in [7, 11) is 1.39. The molecule has 1 rings (SSSR count). The fourth-order valence-electron chi connectivity index (χ4n) is 1.22. The van der Waals surface area contributed by atoms with Crippen LogP contribution in [0.4, 0.5) is 9.18 Å². The number of amides is 3. The van der Waals surface area contributed by atoms with E-state index in [-0.39, 0.29) is 5.75 Å². The number of carbonyl (C=O) groups is 2. The van der Waals surface area contributed by atoms with Crippen molar-refractivity contribution in [3.05, 3.63) is 29.6 Å². The number of imide groups is 1. The minimum Gasteiger partial charge on any atom is -0.481 e. The van der Waals surface area contributed by atoms with Gasteiger partial charge in [-0.25, -0.2) is 9.18 Å². The number of nitrogens with one attached hydrogen (secondary N) is 2. The van der Waals surface area contributed by atoms with E-state index >= 15 is 0 Å². The average Bonchev–Trinajstić information content (AvgIpc) is 2.33. The van der Waals surface area contributed by atoms with Crippen LogP contribution >= 0.6 is 0 Å². The molecule has 0 aromatic heterocycles. The van der Waals surface area contributed by atoms with Crippen molar-refractivity contribution in [3.8, 4) is 5.75 Å². The predicted molar refractivity (Wildman–Crippen MR) is 63.8 cm³/mol. The number of hydrogen-bond acceptors (Lipinski definition) is 3. The molecule has 0 fully saturated rings. The molecule has 0 saturated heterocycles. The van der Waals surface area contributed by atoms with Gasteiger partial charge in [-0.2, -0.15) is 0 Å². The van der Waals surface area contributed by atoms with Gasteiger partial charge in [0.25, 0.3) is 5.91 Å². The van der Waals surface area contributed by atoms with Gasteiger partial charge in [-0.3, -0.25) is 10.1 Å². The summed E-state index contributed by atoms with van der Waals surface area (Å²) in [5, 5.41) is 4.32. The Morgan fingerprint density at radius 2 is 2.06 bits per heavy atom. The second-order valence-electron chi connectivity index (χ2n) is 3.74. The highest BCUT2D eigenvalue weighted by molar-refractivity contribution is 5.96. The molecule has 1 atom stereocenters. The van der Waals surface area contributed by atoms with E-state index in [4.69, 9.17) is 4.74 Å². The van der Waals surface area contributed by atoms with Crippen LogP contribution in [0, 0.1) is 12.7 Å². The Labute approximate surface area is 104 Å². The maximum Gasteiger partial charge on any atom is 0.321 e. The molecule has 0 spiro atoms. The smallest absolute Gasteiger partial charge is 0.321 e. The number of benzene rings is 1. The number of rotatable bonds is 3. The second-order valence-corrected chi connectivity index (χ2v) is 3.74. The van der Waals surface area contributed by atoms with Crippen molar-refractivity contribution in [2.24, 2.45) is 0 Å². The van der Waals surface area contributed by atoms with Gasteiger partial charge in [0.1, 0.15) is 11.6 Å². The van der Waals surface area contributed by atoms with Gasteiger partial charge in [-0.1, -0.05) is 6.07 Å². The molecular weight excluding hydrogens is 239 g/mol. The molecule has 0 aliphatic rings. The van der Waals surface area contributed by atoms with Gasteiger partial charge in [0, 0.05) is 13.1 Å². The van der Waals surface area contributed by atoms with Crippen LogP contribution in [-0.4, -0.2) is 25.1 Å². The van der Waals surface area contributed by atoms with Crippen LogP contribution in [0.3, 0.4) is 0 Å². The van der Waals surface area contributed by atoms with Crippen molar-refractivity contribution in [3.63, 3.8) is 0 Å². The Morgan fingerprint density at radius 1 is 1.39 bits per heavy atom. The monoisotopic (exact) mass is 254 g/mol. The molecule has 6 heteroatoms. The molecule has 0 saturated carbocycles. The summed E-state index contributed by atoms with van der Waals surface area (Å²) in [4.78, 5) is 22.5. The third kappa shape index (κ3) is 3.73. The summed E-state index contributed by atoms with van der Waals surface area (Å²) in [5.41, 5.74) is 0.705. The Morgan fingerprint density at radius 3 is 2.67 bits per heavy atom. The number of carbonyl (C=O) groups excluding carboxylic acids is 2. The highest BCUT2D eigenvalue weighted by Crippen LogP contribution is 2.20. The molecule has 5 nitrogen and oxygen atoms in total. The molecule has 0 aliphatic heterocycles. The first-order chi connectivity index (χ1) is 8.43. The molecule has 1 unspecified atom stereocenters. The lowest BCUT2D eigenvalue weighted by atomic mass is 10.2. The van der Waals surface area contributed by atoms with Crippen molar-refractivity contribution in [2.75, 3.05) is 7.05 Å². The highest BCUT2D eigenvalue weighted by atomic mass is 19.1. The lowest BCUT2D eigenvalue weighted by Gasteiger charge is -2.15. The molecular formula is C12H15FN2O3. The quantitative estimate of drug-likeness (QED) is 0.855. The number of urea groups is 1. The summed E-state index contributed by atoms with van der Waals surface area (Å²) in [6.07, 6.45) is -0.900. The van der Waals surface area contributed by atoms with Crippen LogP contribution in [0.2, 0.25) is 0 Å². The van der Waals surface area contributed by atoms with Gasteiger partial charge in [-0.05, 0) is 25.5 Å². The lowest BCUT2D eigenvalue weighted by molar-refractivity contribution is -0.126. The highest BCUT2D eigenvalue weighted by Gasteiger charge is 2.17. The zero-order valence-corrected chi connectivity index (χ0v) is 10.4. The fourth-order valence-corrected chi connectivity index (χ4v) is 1.22. The van der Waals surface area contributed by atoms with Crippen molar-refractivity contribution in [1.82, 2.24) is 10.6 Å². The maximum absolute atomic E-state index is 13.0. The Hall–Kier alpha value is -2.11. The maximum atomic E-state index is 13.0. The third-order valence-electron chi connectivity index (χ3n) is 2.29. The minimum atomic E-state index is -0.900. The van der Waals surface area contributed by atoms with E-state index in [2.05, 4.69) is 10.6 Å². The molecule has 0 radical (unpaired) electrons. The van der Waals surface area contributed by atoms with E-state index in [0.717, 1.165) is 0 Å². The van der Waals surface area contributed by atoms with Crippen LogP contribution in [0.1, 0.15) is 12.5 Å². The zero-order chi connectivity index (χ0) is 13.7. The van der Waals surface area contributed by atoms with Crippen LogP contribution in [-0.2, 0) is 4.79 Å². The van der Waals surface area contributed by atoms with Gasteiger partial charge in [0.2, 0.25) is 0 Å². The molecule has 18 heavy (non-hydrogen) atoms. The summed E-state index contributed by atoms with van der Waals surface area (Å²) < 4.78 is 18.3. The van der Waals surface area contributed by atoms with Gasteiger partial charge in [-0.15, -0.1) is 0 Å². The molecule has 2 N–H and O–H groups in total. The van der Waals surface area contributed by atoms with Gasteiger partial charge >= 0.3 is 6.03 Å². The Balaban J connectivity index is 2.69. The first-order valence-electron chi connectivity index (χ1n) is 5.39. The fraction of sp³-hybridized carbons (Fsp3) is 0.333. The van der Waals surface area contributed by atoms with Gasteiger partial charge in [0.15, 0.2) is 6.10 Å². The number of aryl methyl sites for hydroxylation is 1. The molecule has 1 aromatic carbocycles. The molecule has 0 heterocycles. The number of ether oxygens (including phenoxy) is 1.